The second-order valence-corrected chi connectivity index (χ2v) is 2.65. The number of amides is 1. The summed E-state index contributed by atoms with van der Waals surface area (Å²) in [7, 11) is 1.61. The predicted octanol–water partition coefficient (Wildman–Crippen LogP) is 1.85. The number of hydrogen-bond donors (Lipinski definition) is 0. The topological polar surface area (TPSA) is 29.5 Å². The summed E-state index contributed by atoms with van der Waals surface area (Å²) in [5.41, 5.74) is 0. The Morgan fingerprint density at radius 3 is 2.54 bits per heavy atom. The number of nitrogens with zero attached hydrogens (tertiary/aromatic N) is 1. The lowest BCUT2D eigenvalue weighted by atomic mass is 10.3. The van der Waals surface area contributed by atoms with Crippen LogP contribution in [0.1, 0.15) is 13.3 Å². The van der Waals surface area contributed by atoms with Crippen molar-refractivity contribution in [1.82, 2.24) is 5.06 Å². The van der Waals surface area contributed by atoms with E-state index in [4.69, 9.17) is 4.84 Å². The smallest absolute Gasteiger partial charge is 0.254 e. The van der Waals surface area contributed by atoms with Gasteiger partial charge in [0.2, 0.25) is 0 Å². The van der Waals surface area contributed by atoms with Crippen LogP contribution in [0.2, 0.25) is 0 Å². The summed E-state index contributed by atoms with van der Waals surface area (Å²) >= 11 is 0. The second kappa shape index (κ2) is 4.50. The molecule has 13 heavy (non-hydrogen) atoms. The molecule has 70 valence electrons. The van der Waals surface area contributed by atoms with Gasteiger partial charge in [0, 0.05) is 13.5 Å². The molecule has 0 saturated heterocycles. The number of benzene rings is 1. The summed E-state index contributed by atoms with van der Waals surface area (Å²) in [5, 5.41) is 1.25. The molecule has 0 unspecified atom stereocenters. The summed E-state index contributed by atoms with van der Waals surface area (Å²) in [5.74, 6) is 0.635. The van der Waals surface area contributed by atoms with Crippen LogP contribution in [0.3, 0.4) is 0 Å². The fourth-order valence-corrected chi connectivity index (χ4v) is 0.913. The molecule has 0 heterocycles. The molecule has 0 atom stereocenters. The van der Waals surface area contributed by atoms with Gasteiger partial charge < -0.3 is 4.84 Å². The fraction of sp³-hybridized carbons (Fsp3) is 0.300. The fourth-order valence-electron chi connectivity index (χ4n) is 0.913. The summed E-state index contributed by atoms with van der Waals surface area (Å²) < 4.78 is 0. The zero-order chi connectivity index (χ0) is 9.68. The van der Waals surface area contributed by atoms with Crippen molar-refractivity contribution in [2.24, 2.45) is 0 Å². The van der Waals surface area contributed by atoms with Crippen LogP contribution >= 0.6 is 0 Å². The van der Waals surface area contributed by atoms with E-state index in [1.807, 2.05) is 18.2 Å². The zero-order valence-electron chi connectivity index (χ0n) is 7.86. The molecular formula is C10H13NO2. The molecule has 0 aromatic heterocycles. The van der Waals surface area contributed by atoms with Crippen LogP contribution in [-0.4, -0.2) is 18.0 Å². The van der Waals surface area contributed by atoms with E-state index in [-0.39, 0.29) is 5.91 Å². The molecule has 1 rings (SSSR count). The number of carbonyl (C=O) groups is 1. The Labute approximate surface area is 77.9 Å². The molecule has 0 saturated carbocycles. The van der Waals surface area contributed by atoms with Gasteiger partial charge in [0.05, 0.1) is 0 Å². The first-order valence-corrected chi connectivity index (χ1v) is 4.23. The number of carbonyl (C=O) groups excluding carboxylic acids is 1. The van der Waals surface area contributed by atoms with E-state index in [2.05, 4.69) is 0 Å². The highest BCUT2D eigenvalue weighted by molar-refractivity contribution is 5.74. The lowest BCUT2D eigenvalue weighted by Gasteiger charge is -2.16. The Morgan fingerprint density at radius 1 is 1.38 bits per heavy atom. The quantitative estimate of drug-likeness (QED) is 0.663. The van der Waals surface area contributed by atoms with Crippen LogP contribution in [-0.2, 0) is 4.79 Å². The first kappa shape index (κ1) is 9.58. The average molecular weight is 179 g/mol. The number of hydroxylamine groups is 2. The van der Waals surface area contributed by atoms with Gasteiger partial charge in [-0.15, -0.1) is 0 Å². The molecule has 3 heteroatoms. The first-order chi connectivity index (χ1) is 6.24. The molecule has 1 aromatic rings. The van der Waals surface area contributed by atoms with Crippen molar-refractivity contribution in [2.75, 3.05) is 7.05 Å². The minimum atomic E-state index is -0.0381. The molecule has 0 radical (unpaired) electrons. The van der Waals surface area contributed by atoms with Gasteiger partial charge in [-0.2, -0.15) is 5.06 Å². The van der Waals surface area contributed by atoms with Crippen LogP contribution in [0, 0.1) is 0 Å². The molecule has 0 aliphatic carbocycles. The SMILES string of the molecule is CCC(=O)N(C)Oc1ccccc1. The minimum absolute atomic E-state index is 0.0381. The maximum Gasteiger partial charge on any atom is 0.254 e. The number of hydrogen-bond acceptors (Lipinski definition) is 2. The molecule has 0 bridgehead atoms. The Balaban J connectivity index is 2.55. The van der Waals surface area contributed by atoms with E-state index in [1.165, 1.54) is 5.06 Å². The summed E-state index contributed by atoms with van der Waals surface area (Å²) in [6.07, 6.45) is 0.448. The molecule has 0 aliphatic rings. The van der Waals surface area contributed by atoms with Gasteiger partial charge in [0.15, 0.2) is 5.75 Å². The standard InChI is InChI=1S/C10H13NO2/c1-3-10(12)11(2)13-9-7-5-4-6-8-9/h4-8H,3H2,1-2H3. The van der Waals surface area contributed by atoms with E-state index in [0.717, 1.165) is 0 Å². The minimum Gasteiger partial charge on any atom is -0.377 e. The maximum atomic E-state index is 11.1. The summed E-state index contributed by atoms with van der Waals surface area (Å²) in [4.78, 5) is 16.4. The van der Waals surface area contributed by atoms with Crippen molar-refractivity contribution >= 4 is 5.91 Å². The largest absolute Gasteiger partial charge is 0.377 e. The van der Waals surface area contributed by atoms with Gasteiger partial charge in [-0.3, -0.25) is 4.79 Å². The molecule has 0 spiro atoms. The second-order valence-electron chi connectivity index (χ2n) is 2.65. The van der Waals surface area contributed by atoms with Gasteiger partial charge in [-0.1, -0.05) is 25.1 Å². The van der Waals surface area contributed by atoms with E-state index < -0.39 is 0 Å². The lowest BCUT2D eigenvalue weighted by molar-refractivity contribution is -0.152. The van der Waals surface area contributed by atoms with Crippen molar-refractivity contribution in [3.05, 3.63) is 30.3 Å². The van der Waals surface area contributed by atoms with Crippen LogP contribution in [0.25, 0.3) is 0 Å². The van der Waals surface area contributed by atoms with E-state index >= 15 is 0 Å². The van der Waals surface area contributed by atoms with Crippen molar-refractivity contribution < 1.29 is 9.63 Å². The molecule has 0 aliphatic heterocycles. The molecule has 1 aromatic carbocycles. The maximum absolute atomic E-state index is 11.1. The third kappa shape index (κ3) is 2.78. The Kier molecular flexibility index (Phi) is 3.31. The van der Waals surface area contributed by atoms with Gasteiger partial charge in [-0.25, -0.2) is 0 Å². The van der Waals surface area contributed by atoms with E-state index in [9.17, 15) is 4.79 Å². The highest BCUT2D eigenvalue weighted by Crippen LogP contribution is 2.09. The monoisotopic (exact) mass is 179 g/mol. The Morgan fingerprint density at radius 2 is 2.00 bits per heavy atom. The van der Waals surface area contributed by atoms with Crippen LogP contribution in [0.15, 0.2) is 30.3 Å². The highest BCUT2D eigenvalue weighted by atomic mass is 16.7. The van der Waals surface area contributed by atoms with Crippen LogP contribution < -0.4 is 4.84 Å². The highest BCUT2D eigenvalue weighted by Gasteiger charge is 2.06. The van der Waals surface area contributed by atoms with Gasteiger partial charge in [-0.05, 0) is 12.1 Å². The number of rotatable bonds is 3. The average Bonchev–Trinajstić information content (AvgIpc) is 2.18. The summed E-state index contributed by atoms with van der Waals surface area (Å²) in [6, 6.07) is 9.23. The van der Waals surface area contributed by atoms with Crippen molar-refractivity contribution in [1.29, 1.82) is 0 Å². The number of para-hydroxylation sites is 1. The van der Waals surface area contributed by atoms with Crippen LogP contribution in [0.4, 0.5) is 0 Å². The van der Waals surface area contributed by atoms with Crippen LogP contribution in [0.5, 0.6) is 5.75 Å². The molecule has 0 N–H and O–H groups in total. The molecule has 1 amide bonds. The van der Waals surface area contributed by atoms with Crippen molar-refractivity contribution in [3.63, 3.8) is 0 Å². The molecular weight excluding hydrogens is 166 g/mol. The Bertz CT molecular complexity index is 272. The Hall–Kier alpha value is -1.51. The van der Waals surface area contributed by atoms with Crippen molar-refractivity contribution in [2.45, 2.75) is 13.3 Å². The normalized spacial score (nSPS) is 9.38. The van der Waals surface area contributed by atoms with Gasteiger partial charge >= 0.3 is 0 Å². The third-order valence-electron chi connectivity index (χ3n) is 1.64. The van der Waals surface area contributed by atoms with Gasteiger partial charge in [0.25, 0.3) is 5.91 Å². The molecule has 3 nitrogen and oxygen atoms in total. The zero-order valence-corrected chi connectivity index (χ0v) is 7.86. The third-order valence-corrected chi connectivity index (χ3v) is 1.64. The first-order valence-electron chi connectivity index (χ1n) is 4.23. The van der Waals surface area contributed by atoms with Crippen molar-refractivity contribution in [3.8, 4) is 5.75 Å². The van der Waals surface area contributed by atoms with Gasteiger partial charge in [0.1, 0.15) is 0 Å². The molecule has 0 fully saturated rings. The predicted molar refractivity (Wildman–Crippen MR) is 50.1 cm³/mol. The van der Waals surface area contributed by atoms with E-state index in [1.54, 1.807) is 26.1 Å². The lowest BCUT2D eigenvalue weighted by Crippen LogP contribution is -2.29. The van der Waals surface area contributed by atoms with E-state index in [0.29, 0.717) is 12.2 Å². The summed E-state index contributed by atoms with van der Waals surface area (Å²) in [6.45, 7) is 1.80.